The molecule has 0 spiro atoms. The molecule has 3 atom stereocenters. The van der Waals surface area contributed by atoms with Gasteiger partial charge in [0.15, 0.2) is 6.10 Å². The fourth-order valence-electron chi connectivity index (χ4n) is 4.56. The van der Waals surface area contributed by atoms with Gasteiger partial charge in [-0.05, 0) is 51.4 Å². The molecule has 0 fully saturated rings. The van der Waals surface area contributed by atoms with Gasteiger partial charge in [-0.15, -0.1) is 0 Å². The number of rotatable bonds is 34. The number of aliphatic hydroxyl groups excluding tert-OH is 2. The van der Waals surface area contributed by atoms with Gasteiger partial charge in [0.05, 0.1) is 19.8 Å². The molecule has 0 amide bonds. The van der Waals surface area contributed by atoms with Crippen LogP contribution in [0.1, 0.15) is 136 Å². The van der Waals surface area contributed by atoms with Crippen molar-refractivity contribution in [3.63, 3.8) is 0 Å². The molecule has 0 aliphatic carbocycles. The molecular weight excluding hydrogens is 659 g/mol. The van der Waals surface area contributed by atoms with Crippen molar-refractivity contribution in [1.82, 2.24) is 0 Å². The summed E-state index contributed by atoms with van der Waals surface area (Å²) in [7, 11) is -4.62. The number of unbranched alkanes of at least 4 members (excludes halogenated alkanes) is 10. The largest absolute Gasteiger partial charge is 0.472 e. The number of aliphatic hydroxyl groups is 2. The molecule has 11 heteroatoms. The van der Waals surface area contributed by atoms with Crippen LogP contribution in [0, 0.1) is 0 Å². The first-order valence-electron chi connectivity index (χ1n) is 18.7. The van der Waals surface area contributed by atoms with Gasteiger partial charge in [0, 0.05) is 12.8 Å². The molecule has 0 heterocycles. The number of phosphoric acid groups is 1. The Morgan fingerprint density at radius 1 is 0.620 bits per heavy atom. The molecule has 0 saturated carbocycles. The predicted octanol–water partition coefficient (Wildman–Crippen LogP) is 9.16. The fourth-order valence-corrected chi connectivity index (χ4v) is 5.35. The highest BCUT2D eigenvalue weighted by molar-refractivity contribution is 7.47. The van der Waals surface area contributed by atoms with Crippen LogP contribution in [0.2, 0.25) is 0 Å². The average Bonchev–Trinajstić information content (AvgIpc) is 3.10. The SMILES string of the molecule is CC/C=C\C/C=C\C/C=C\C/C=C\C/C=C\CCCC(=O)OC[C@H](COP(=O)(O)OC[C@@H](O)CO)OC(=O)CCCCCCCCCCCC. The van der Waals surface area contributed by atoms with E-state index in [0.29, 0.717) is 19.3 Å². The molecule has 3 N–H and O–H groups in total. The van der Waals surface area contributed by atoms with Crippen LogP contribution in [0.5, 0.6) is 0 Å². The van der Waals surface area contributed by atoms with Crippen molar-refractivity contribution in [2.24, 2.45) is 0 Å². The van der Waals surface area contributed by atoms with E-state index in [9.17, 15) is 24.2 Å². The summed E-state index contributed by atoms with van der Waals surface area (Å²) >= 11 is 0. The van der Waals surface area contributed by atoms with Gasteiger partial charge in [-0.2, -0.15) is 0 Å². The highest BCUT2D eigenvalue weighted by Crippen LogP contribution is 2.43. The maximum atomic E-state index is 12.5. The number of esters is 2. The van der Waals surface area contributed by atoms with Crippen LogP contribution in [0.4, 0.5) is 0 Å². The monoisotopic (exact) mass is 726 g/mol. The number of allylic oxidation sites excluding steroid dienone is 10. The molecule has 0 aromatic heterocycles. The number of carbonyl (C=O) groups is 2. The molecule has 288 valence electrons. The number of carbonyl (C=O) groups excluding carboxylic acids is 2. The van der Waals surface area contributed by atoms with Gasteiger partial charge in [0.1, 0.15) is 12.7 Å². The number of phosphoric ester groups is 1. The Morgan fingerprint density at radius 2 is 1.10 bits per heavy atom. The highest BCUT2D eigenvalue weighted by Gasteiger charge is 2.27. The third kappa shape index (κ3) is 34.1. The molecule has 0 bridgehead atoms. The van der Waals surface area contributed by atoms with Crippen molar-refractivity contribution < 1.29 is 47.8 Å². The van der Waals surface area contributed by atoms with Gasteiger partial charge < -0.3 is 24.6 Å². The van der Waals surface area contributed by atoms with E-state index in [-0.39, 0.29) is 19.4 Å². The van der Waals surface area contributed by atoms with E-state index in [0.717, 1.165) is 51.4 Å². The van der Waals surface area contributed by atoms with Crippen molar-refractivity contribution in [1.29, 1.82) is 0 Å². The van der Waals surface area contributed by atoms with E-state index in [1.54, 1.807) is 0 Å². The summed E-state index contributed by atoms with van der Waals surface area (Å²) in [6.07, 6.45) is 36.3. The molecule has 0 aromatic carbocycles. The molecule has 50 heavy (non-hydrogen) atoms. The normalized spacial score (nSPS) is 14.7. The molecule has 0 saturated heterocycles. The van der Waals surface area contributed by atoms with Gasteiger partial charge in [0.25, 0.3) is 0 Å². The van der Waals surface area contributed by atoms with Crippen LogP contribution >= 0.6 is 7.82 Å². The standard InChI is InChI=1S/C39H67O10P/c1-3-5-7-9-11-13-15-16-17-18-19-20-21-23-24-26-28-30-38(42)46-34-37(35-48-50(44,45)47-33-36(41)32-40)49-39(43)31-29-27-25-22-14-12-10-8-6-4-2/h5,7,11,13,16-17,19-20,23-24,36-37,40-41H,3-4,6,8-10,12,14-15,18,21-22,25-35H2,1-2H3,(H,44,45)/b7-5-,13-11-,17-16-,20-19-,24-23-/t36-,37+/m0/s1. The predicted molar refractivity (Wildman–Crippen MR) is 200 cm³/mol. The molecule has 0 radical (unpaired) electrons. The molecule has 1 unspecified atom stereocenters. The van der Waals surface area contributed by atoms with Crippen LogP contribution in [0.15, 0.2) is 60.8 Å². The molecule has 0 aromatic rings. The van der Waals surface area contributed by atoms with Crippen molar-refractivity contribution in [2.45, 2.75) is 148 Å². The summed E-state index contributed by atoms with van der Waals surface area (Å²) in [4.78, 5) is 34.7. The summed E-state index contributed by atoms with van der Waals surface area (Å²) in [5.41, 5.74) is 0. The topological polar surface area (TPSA) is 149 Å². The lowest BCUT2D eigenvalue weighted by molar-refractivity contribution is -0.161. The minimum atomic E-state index is -4.62. The zero-order valence-electron chi connectivity index (χ0n) is 30.8. The second-order valence-corrected chi connectivity index (χ2v) is 13.7. The molecule has 10 nitrogen and oxygen atoms in total. The van der Waals surface area contributed by atoms with Gasteiger partial charge >= 0.3 is 19.8 Å². The zero-order valence-corrected chi connectivity index (χ0v) is 31.7. The number of ether oxygens (including phenoxy) is 2. The first-order valence-corrected chi connectivity index (χ1v) is 20.2. The van der Waals surface area contributed by atoms with Crippen LogP contribution in [-0.2, 0) is 32.7 Å². The maximum absolute atomic E-state index is 12.5. The molecule has 0 aliphatic heterocycles. The lowest BCUT2D eigenvalue weighted by atomic mass is 10.1. The fraction of sp³-hybridized carbons (Fsp3) is 0.692. The van der Waals surface area contributed by atoms with E-state index in [1.807, 2.05) is 12.2 Å². The average molecular weight is 727 g/mol. The summed E-state index contributed by atoms with van der Waals surface area (Å²) < 4.78 is 32.5. The minimum absolute atomic E-state index is 0.162. The maximum Gasteiger partial charge on any atom is 0.472 e. The van der Waals surface area contributed by atoms with E-state index in [2.05, 4.69) is 67.0 Å². The highest BCUT2D eigenvalue weighted by atomic mass is 31.2. The van der Waals surface area contributed by atoms with Crippen LogP contribution in [-0.4, -0.2) is 65.7 Å². The summed E-state index contributed by atoms with van der Waals surface area (Å²) in [5.74, 6) is -1.00. The van der Waals surface area contributed by atoms with E-state index < -0.39 is 51.8 Å². The third-order valence-corrected chi connectivity index (χ3v) is 8.39. The number of hydrogen-bond acceptors (Lipinski definition) is 9. The van der Waals surface area contributed by atoms with Crippen molar-refractivity contribution >= 4 is 19.8 Å². The summed E-state index contributed by atoms with van der Waals surface area (Å²) in [6, 6.07) is 0. The Labute approximate surface area is 302 Å². The van der Waals surface area contributed by atoms with Crippen molar-refractivity contribution in [3.8, 4) is 0 Å². The lowest BCUT2D eigenvalue weighted by Gasteiger charge is -2.20. The Bertz CT molecular complexity index is 1020. The van der Waals surface area contributed by atoms with Crippen molar-refractivity contribution in [2.75, 3.05) is 26.4 Å². The van der Waals surface area contributed by atoms with E-state index in [4.69, 9.17) is 19.1 Å². The Balaban J connectivity index is 4.46. The van der Waals surface area contributed by atoms with E-state index >= 15 is 0 Å². The molecule has 0 aliphatic rings. The van der Waals surface area contributed by atoms with Crippen LogP contribution in [0.25, 0.3) is 0 Å². The second-order valence-electron chi connectivity index (χ2n) is 12.2. The second kappa shape index (κ2) is 35.1. The van der Waals surface area contributed by atoms with Crippen molar-refractivity contribution in [3.05, 3.63) is 60.8 Å². The quantitative estimate of drug-likeness (QED) is 0.0254. The van der Waals surface area contributed by atoms with Gasteiger partial charge in [-0.1, -0.05) is 132 Å². The van der Waals surface area contributed by atoms with E-state index in [1.165, 1.54) is 38.5 Å². The Hall–Kier alpha value is -2.33. The molecule has 0 rings (SSSR count). The smallest absolute Gasteiger partial charge is 0.462 e. The van der Waals surface area contributed by atoms with Crippen LogP contribution < -0.4 is 0 Å². The van der Waals surface area contributed by atoms with Gasteiger partial charge in [-0.3, -0.25) is 18.6 Å². The van der Waals surface area contributed by atoms with Gasteiger partial charge in [0.2, 0.25) is 0 Å². The lowest BCUT2D eigenvalue weighted by Crippen LogP contribution is -2.29. The zero-order chi connectivity index (χ0) is 37.0. The third-order valence-electron chi connectivity index (χ3n) is 7.44. The minimum Gasteiger partial charge on any atom is -0.462 e. The first kappa shape index (κ1) is 47.7. The van der Waals surface area contributed by atoms with Gasteiger partial charge in [-0.25, -0.2) is 4.57 Å². The number of hydrogen-bond donors (Lipinski definition) is 3. The molecular formula is C39H67O10P. The van der Waals surface area contributed by atoms with Crippen LogP contribution in [0.3, 0.4) is 0 Å². The summed E-state index contributed by atoms with van der Waals surface area (Å²) in [5, 5.41) is 18.2. The first-order chi connectivity index (χ1) is 24.2. The Morgan fingerprint density at radius 3 is 1.64 bits per heavy atom. The Kier molecular flexibility index (Phi) is 33.5. The summed E-state index contributed by atoms with van der Waals surface area (Å²) in [6.45, 7) is 2.15.